The molecule has 0 rings (SSSR count). The molecule has 0 aliphatic carbocycles. The average Bonchev–Trinajstić information content (AvgIpc) is 1.84. The van der Waals surface area contributed by atoms with Gasteiger partial charge < -0.3 is 25.2 Å². The van der Waals surface area contributed by atoms with E-state index < -0.39 is 16.4 Å². The van der Waals surface area contributed by atoms with Gasteiger partial charge in [0.1, 0.15) is 0 Å². The first-order valence-electron chi connectivity index (χ1n) is 2.95. The van der Waals surface area contributed by atoms with Crippen LogP contribution < -0.4 is 56.7 Å². The maximum atomic E-state index is 9.22. The van der Waals surface area contributed by atoms with Gasteiger partial charge in [0.2, 0.25) is 10.4 Å². The van der Waals surface area contributed by atoms with E-state index in [1.54, 1.807) is 0 Å². The van der Waals surface area contributed by atoms with Crippen molar-refractivity contribution >= 4 is 10.4 Å². The van der Waals surface area contributed by atoms with Crippen LogP contribution in [-0.2, 0) is 14.6 Å². The number of aliphatic hydroxyl groups is 3. The third kappa shape index (κ3) is 29.2. The summed E-state index contributed by atoms with van der Waals surface area (Å²) in [4.78, 5) is 0. The molecule has 0 atom stereocenters. The smallest absolute Gasteiger partial charge is 0.726 e. The molecular weight excluding hydrogens is 245 g/mol. The van der Waals surface area contributed by atoms with Crippen LogP contribution in [0.15, 0.2) is 0 Å². The third-order valence-electron chi connectivity index (χ3n) is 0.618. The predicted molar refractivity (Wildman–Crippen MR) is 40.0 cm³/mol. The fourth-order valence-electron chi connectivity index (χ4n) is 0.237. The van der Waals surface area contributed by atoms with Crippen LogP contribution in [0.25, 0.3) is 0 Å². The van der Waals surface area contributed by atoms with E-state index in [0.29, 0.717) is 0 Å². The van der Waals surface area contributed by atoms with Crippen molar-refractivity contribution in [3.05, 3.63) is 0 Å². The Morgan fingerprint density at radius 1 is 1.43 bits per heavy atom. The van der Waals surface area contributed by atoms with Crippen molar-refractivity contribution < 1.29 is 83.9 Å². The Hall–Kier alpha value is 1.35. The zero-order chi connectivity index (χ0) is 11.1. The van der Waals surface area contributed by atoms with E-state index in [1.807, 2.05) is 0 Å². The van der Waals surface area contributed by atoms with E-state index in [1.165, 1.54) is 7.05 Å². The molecule has 8 nitrogen and oxygen atoms in total. The molecule has 4 N–H and O–H groups in total. The number of nitrogens with one attached hydrogen (secondary N) is 1. The van der Waals surface area contributed by atoms with Crippen LogP contribution in [0.1, 0.15) is 0 Å². The number of rotatable bonds is 3. The topological polar surface area (TPSA) is 139 Å². The van der Waals surface area contributed by atoms with E-state index in [-0.39, 0.29) is 57.9 Å². The summed E-state index contributed by atoms with van der Waals surface area (Å²) in [5.41, 5.74) is 0. The first-order valence-corrected chi connectivity index (χ1v) is 4.29. The molecular formula is C4H12KNO7S. The molecule has 0 fully saturated rings. The summed E-state index contributed by atoms with van der Waals surface area (Å²) in [5.74, 6) is -2.56. The van der Waals surface area contributed by atoms with E-state index >= 15 is 0 Å². The molecule has 0 unspecified atom stereocenters. The molecule has 0 radical (unpaired) electrons. The summed E-state index contributed by atoms with van der Waals surface area (Å²) in [5, 5.41) is 26.6. The van der Waals surface area contributed by atoms with Crippen LogP contribution in [0.3, 0.4) is 0 Å². The molecule has 0 saturated heterocycles. The van der Waals surface area contributed by atoms with Gasteiger partial charge in [0, 0.05) is 0 Å². The molecule has 0 heterocycles. The molecule has 14 heavy (non-hydrogen) atoms. The molecule has 0 spiro atoms. The Bertz CT molecular complexity index is 210. The number of likely N-dealkylation sites (N-methyl/N-ethyl adjacent to an activating group) is 1. The van der Waals surface area contributed by atoms with Gasteiger partial charge in [-0.15, -0.1) is 0 Å². The molecule has 0 aliphatic heterocycles. The van der Waals surface area contributed by atoms with Crippen molar-refractivity contribution in [2.45, 2.75) is 5.97 Å². The molecule has 0 aromatic rings. The SMILES string of the molecule is CNCC(O)(O)O.COS(=O)(=O)[O-].[K+]. The van der Waals surface area contributed by atoms with Gasteiger partial charge in [-0.2, -0.15) is 0 Å². The number of hydrogen-bond acceptors (Lipinski definition) is 8. The Morgan fingerprint density at radius 3 is 1.71 bits per heavy atom. The van der Waals surface area contributed by atoms with Crippen LogP contribution in [0, 0.1) is 0 Å². The zero-order valence-corrected chi connectivity index (χ0v) is 12.0. The van der Waals surface area contributed by atoms with Gasteiger partial charge in [-0.1, -0.05) is 0 Å². The predicted octanol–water partition coefficient (Wildman–Crippen LogP) is -6.07. The van der Waals surface area contributed by atoms with E-state index in [2.05, 4.69) is 9.50 Å². The summed E-state index contributed by atoms with van der Waals surface area (Å²) in [7, 11) is -2.11. The molecule has 10 heteroatoms. The third-order valence-corrected chi connectivity index (χ3v) is 1.03. The minimum atomic E-state index is -4.41. The Balaban J connectivity index is -0.000000163. The molecule has 0 aromatic carbocycles. The van der Waals surface area contributed by atoms with Crippen molar-refractivity contribution in [2.24, 2.45) is 0 Å². The standard InChI is InChI=1S/C3H9NO3.CH4O4S.K/c1-4-2-3(5,6)7;1-5-6(2,3)4;/h4-7H,2H2,1H3;1H3,(H,2,3,4);/q;;+1/p-1. The summed E-state index contributed by atoms with van der Waals surface area (Å²) in [6, 6.07) is 0. The summed E-state index contributed by atoms with van der Waals surface area (Å²) in [6.45, 7) is -0.243. The molecule has 0 amide bonds. The Morgan fingerprint density at radius 2 is 1.71 bits per heavy atom. The molecule has 0 aliphatic rings. The fourth-order valence-corrected chi connectivity index (χ4v) is 0.237. The van der Waals surface area contributed by atoms with Gasteiger partial charge in [0.15, 0.2) is 0 Å². The quantitative estimate of drug-likeness (QED) is 0.169. The van der Waals surface area contributed by atoms with Crippen molar-refractivity contribution in [2.75, 3.05) is 20.7 Å². The van der Waals surface area contributed by atoms with Gasteiger partial charge >= 0.3 is 51.4 Å². The number of hydrogen-bond donors (Lipinski definition) is 4. The summed E-state index contributed by atoms with van der Waals surface area (Å²) >= 11 is 0. The largest absolute Gasteiger partial charge is 1.00 e. The second-order valence-electron chi connectivity index (χ2n) is 1.88. The van der Waals surface area contributed by atoms with Gasteiger partial charge in [-0.05, 0) is 7.05 Å². The van der Waals surface area contributed by atoms with E-state index in [0.717, 1.165) is 7.11 Å². The van der Waals surface area contributed by atoms with Crippen LogP contribution in [-0.4, -0.2) is 55.0 Å². The molecule has 82 valence electrons. The normalized spacial score (nSPS) is 11.0. The van der Waals surface area contributed by atoms with Gasteiger partial charge in [-0.25, -0.2) is 8.42 Å². The van der Waals surface area contributed by atoms with Gasteiger partial charge in [0.05, 0.1) is 13.7 Å². The van der Waals surface area contributed by atoms with Crippen molar-refractivity contribution in [1.29, 1.82) is 0 Å². The van der Waals surface area contributed by atoms with Gasteiger partial charge in [0.25, 0.3) is 5.97 Å². The summed E-state index contributed by atoms with van der Waals surface area (Å²) < 4.78 is 31.0. The van der Waals surface area contributed by atoms with Crippen molar-refractivity contribution in [1.82, 2.24) is 5.32 Å². The fraction of sp³-hybridized carbons (Fsp3) is 1.00. The van der Waals surface area contributed by atoms with E-state index in [9.17, 15) is 13.0 Å². The monoisotopic (exact) mass is 257 g/mol. The van der Waals surface area contributed by atoms with Crippen LogP contribution in [0.4, 0.5) is 0 Å². The minimum Gasteiger partial charge on any atom is -0.726 e. The van der Waals surface area contributed by atoms with Crippen molar-refractivity contribution in [3.63, 3.8) is 0 Å². The summed E-state index contributed by atoms with van der Waals surface area (Å²) in [6.07, 6.45) is 0. The second-order valence-corrected chi connectivity index (χ2v) is 3.03. The maximum absolute atomic E-state index is 9.22. The van der Waals surface area contributed by atoms with Crippen LogP contribution >= 0.6 is 0 Å². The van der Waals surface area contributed by atoms with E-state index in [4.69, 9.17) is 15.3 Å². The maximum Gasteiger partial charge on any atom is 1.00 e. The first-order chi connectivity index (χ1) is 5.62. The minimum absolute atomic E-state index is 0. The van der Waals surface area contributed by atoms with Crippen LogP contribution in [0.2, 0.25) is 0 Å². The Labute approximate surface area is 125 Å². The second kappa shape index (κ2) is 9.56. The average molecular weight is 257 g/mol. The molecule has 0 bridgehead atoms. The zero-order valence-electron chi connectivity index (χ0n) is 8.09. The molecule has 0 saturated carbocycles. The molecule has 0 aromatic heterocycles. The van der Waals surface area contributed by atoms with Gasteiger partial charge in [-0.3, -0.25) is 4.18 Å². The van der Waals surface area contributed by atoms with Crippen LogP contribution in [0.5, 0.6) is 0 Å². The Kier molecular flexibility index (Phi) is 14.2. The first kappa shape index (κ1) is 20.7. The van der Waals surface area contributed by atoms with Crippen molar-refractivity contribution in [3.8, 4) is 0 Å².